The van der Waals surface area contributed by atoms with Crippen LogP contribution in [0.15, 0.2) is 18.2 Å². The topological polar surface area (TPSA) is 98.5 Å². The van der Waals surface area contributed by atoms with E-state index in [0.29, 0.717) is 11.8 Å². The summed E-state index contributed by atoms with van der Waals surface area (Å²) in [5, 5.41) is 14.0. The van der Waals surface area contributed by atoms with Gasteiger partial charge in [0.25, 0.3) is 11.6 Å². The SMILES string of the molecule is C[C@@H]1[C@H](C)CCC[C@H]1NC(=O)COC(=O)c1ccc(Cl)cc1[N+](=O)[O-]. The van der Waals surface area contributed by atoms with Gasteiger partial charge in [-0.25, -0.2) is 4.79 Å². The van der Waals surface area contributed by atoms with Crippen molar-refractivity contribution >= 4 is 29.2 Å². The number of benzene rings is 1. The number of ether oxygens (including phenoxy) is 1. The minimum absolute atomic E-state index is 0.0554. The minimum atomic E-state index is -0.927. The van der Waals surface area contributed by atoms with Gasteiger partial charge in [0.1, 0.15) is 5.56 Å². The molecule has 8 heteroatoms. The third-order valence-corrected chi connectivity index (χ3v) is 5.00. The summed E-state index contributed by atoms with van der Waals surface area (Å²) < 4.78 is 4.93. The molecule has 136 valence electrons. The number of carbonyl (C=O) groups excluding carboxylic acids is 2. The number of hydrogen-bond donors (Lipinski definition) is 1. The molecule has 25 heavy (non-hydrogen) atoms. The first-order chi connectivity index (χ1) is 11.8. The number of carbonyl (C=O) groups is 2. The van der Waals surface area contributed by atoms with E-state index in [-0.39, 0.29) is 16.6 Å². The molecule has 1 aromatic carbocycles. The maximum Gasteiger partial charge on any atom is 0.345 e. The molecule has 1 aliphatic rings. The average Bonchev–Trinajstić information content (AvgIpc) is 2.56. The minimum Gasteiger partial charge on any atom is -0.452 e. The number of nitro benzene ring substituents is 1. The molecular weight excluding hydrogens is 348 g/mol. The number of hydrogen-bond acceptors (Lipinski definition) is 5. The van der Waals surface area contributed by atoms with Crippen LogP contribution < -0.4 is 5.32 Å². The Morgan fingerprint density at radius 1 is 1.36 bits per heavy atom. The van der Waals surface area contributed by atoms with Crippen molar-refractivity contribution in [3.05, 3.63) is 38.9 Å². The fourth-order valence-electron chi connectivity index (χ4n) is 3.07. The summed E-state index contributed by atoms with van der Waals surface area (Å²) in [5.41, 5.74) is -0.686. The summed E-state index contributed by atoms with van der Waals surface area (Å²) in [6.45, 7) is 3.77. The number of amides is 1. The third kappa shape index (κ3) is 4.92. The van der Waals surface area contributed by atoms with Gasteiger partial charge in [0.05, 0.1) is 4.92 Å². The number of halogens is 1. The van der Waals surface area contributed by atoms with Gasteiger partial charge in [0, 0.05) is 17.1 Å². The second-order valence-electron chi connectivity index (χ2n) is 6.44. The van der Waals surface area contributed by atoms with Gasteiger partial charge < -0.3 is 10.1 Å². The smallest absolute Gasteiger partial charge is 0.345 e. The molecule has 2 rings (SSSR count). The summed E-state index contributed by atoms with van der Waals surface area (Å²) in [4.78, 5) is 34.4. The molecule has 0 spiro atoms. The van der Waals surface area contributed by atoms with Gasteiger partial charge in [-0.05, 0) is 30.4 Å². The van der Waals surface area contributed by atoms with Crippen LogP contribution in [0.25, 0.3) is 0 Å². The van der Waals surface area contributed by atoms with Gasteiger partial charge in [0.2, 0.25) is 0 Å². The van der Waals surface area contributed by atoms with Gasteiger partial charge in [-0.3, -0.25) is 14.9 Å². The fourth-order valence-corrected chi connectivity index (χ4v) is 3.24. The quantitative estimate of drug-likeness (QED) is 0.488. The van der Waals surface area contributed by atoms with Crippen molar-refractivity contribution in [2.75, 3.05) is 6.61 Å². The highest BCUT2D eigenvalue weighted by Gasteiger charge is 2.28. The van der Waals surface area contributed by atoms with Crippen LogP contribution in [0.5, 0.6) is 0 Å². The average molecular weight is 369 g/mol. The molecule has 0 heterocycles. The lowest BCUT2D eigenvalue weighted by Crippen LogP contribution is -2.45. The van der Waals surface area contributed by atoms with Crippen molar-refractivity contribution in [3.63, 3.8) is 0 Å². The Morgan fingerprint density at radius 3 is 2.76 bits per heavy atom. The van der Waals surface area contributed by atoms with E-state index in [0.717, 1.165) is 25.3 Å². The maximum absolute atomic E-state index is 12.0. The highest BCUT2D eigenvalue weighted by atomic mass is 35.5. The second kappa shape index (κ2) is 8.29. The van der Waals surface area contributed by atoms with E-state index in [2.05, 4.69) is 19.2 Å². The molecular formula is C17H21ClN2O5. The van der Waals surface area contributed by atoms with E-state index >= 15 is 0 Å². The third-order valence-electron chi connectivity index (χ3n) is 4.76. The molecule has 1 saturated carbocycles. The zero-order valence-corrected chi connectivity index (χ0v) is 14.9. The first kappa shape index (κ1) is 19.2. The van der Waals surface area contributed by atoms with E-state index in [9.17, 15) is 19.7 Å². The molecule has 1 aromatic rings. The Bertz CT molecular complexity index is 679. The lowest BCUT2D eigenvalue weighted by atomic mass is 9.78. The van der Waals surface area contributed by atoms with E-state index < -0.39 is 29.1 Å². The summed E-state index contributed by atoms with van der Waals surface area (Å²) in [7, 11) is 0. The summed E-state index contributed by atoms with van der Waals surface area (Å²) in [6, 6.07) is 3.70. The Balaban J connectivity index is 1.94. The molecule has 0 bridgehead atoms. The molecule has 1 N–H and O–H groups in total. The van der Waals surface area contributed by atoms with Crippen molar-refractivity contribution in [2.24, 2.45) is 11.8 Å². The van der Waals surface area contributed by atoms with Crippen LogP contribution in [0, 0.1) is 22.0 Å². The number of nitro groups is 1. The number of esters is 1. The Hall–Kier alpha value is -2.15. The number of nitrogens with one attached hydrogen (secondary N) is 1. The molecule has 1 amide bonds. The van der Waals surface area contributed by atoms with Crippen LogP contribution in [0.3, 0.4) is 0 Å². The molecule has 0 saturated heterocycles. The zero-order chi connectivity index (χ0) is 18.6. The predicted octanol–water partition coefficient (Wildman–Crippen LogP) is 3.35. The number of rotatable bonds is 5. The summed E-state index contributed by atoms with van der Waals surface area (Å²) >= 11 is 5.71. The molecule has 3 atom stereocenters. The normalized spacial score (nSPS) is 22.9. The van der Waals surface area contributed by atoms with Crippen LogP contribution in [-0.4, -0.2) is 29.4 Å². The standard InChI is InChI=1S/C17H21ClN2O5/c1-10-4-3-5-14(11(10)2)19-16(21)9-25-17(22)13-7-6-12(18)8-15(13)20(23)24/h6-8,10-11,14H,3-5,9H2,1-2H3,(H,19,21)/t10-,11-,14-/m1/s1. The first-order valence-electron chi connectivity index (χ1n) is 8.20. The Labute approximate surface area is 150 Å². The van der Waals surface area contributed by atoms with Crippen LogP contribution >= 0.6 is 11.6 Å². The van der Waals surface area contributed by atoms with Gasteiger partial charge >= 0.3 is 5.97 Å². The van der Waals surface area contributed by atoms with Crippen molar-refractivity contribution in [1.29, 1.82) is 0 Å². The summed E-state index contributed by atoms with van der Waals surface area (Å²) in [6.07, 6.45) is 3.09. The van der Waals surface area contributed by atoms with Crippen LogP contribution in [0.2, 0.25) is 5.02 Å². The molecule has 0 unspecified atom stereocenters. The van der Waals surface area contributed by atoms with Gasteiger partial charge in [0.15, 0.2) is 6.61 Å². The highest BCUT2D eigenvalue weighted by Crippen LogP contribution is 2.29. The van der Waals surface area contributed by atoms with Crippen LogP contribution in [0.4, 0.5) is 5.69 Å². The summed E-state index contributed by atoms with van der Waals surface area (Å²) in [5.74, 6) is -0.455. The van der Waals surface area contributed by atoms with E-state index in [1.165, 1.54) is 12.1 Å². The van der Waals surface area contributed by atoms with Crippen molar-refractivity contribution < 1.29 is 19.2 Å². The van der Waals surface area contributed by atoms with Gasteiger partial charge in [-0.15, -0.1) is 0 Å². The Morgan fingerprint density at radius 2 is 2.08 bits per heavy atom. The fraction of sp³-hybridized carbons (Fsp3) is 0.529. The van der Waals surface area contributed by atoms with Crippen molar-refractivity contribution in [2.45, 2.75) is 39.2 Å². The van der Waals surface area contributed by atoms with Crippen LogP contribution in [0.1, 0.15) is 43.5 Å². The maximum atomic E-state index is 12.0. The predicted molar refractivity (Wildman–Crippen MR) is 92.5 cm³/mol. The zero-order valence-electron chi connectivity index (χ0n) is 14.2. The van der Waals surface area contributed by atoms with E-state index in [1.807, 2.05) is 0 Å². The molecule has 1 fully saturated rings. The second-order valence-corrected chi connectivity index (χ2v) is 6.87. The first-order valence-corrected chi connectivity index (χ1v) is 8.57. The Kier molecular flexibility index (Phi) is 6.36. The monoisotopic (exact) mass is 368 g/mol. The lowest BCUT2D eigenvalue weighted by molar-refractivity contribution is -0.385. The molecule has 1 aliphatic carbocycles. The molecule has 0 radical (unpaired) electrons. The molecule has 7 nitrogen and oxygen atoms in total. The van der Waals surface area contributed by atoms with Gasteiger partial charge in [-0.1, -0.05) is 38.3 Å². The molecule has 0 aliphatic heterocycles. The van der Waals surface area contributed by atoms with Crippen LogP contribution in [-0.2, 0) is 9.53 Å². The van der Waals surface area contributed by atoms with Crippen molar-refractivity contribution in [3.8, 4) is 0 Å². The van der Waals surface area contributed by atoms with Crippen molar-refractivity contribution in [1.82, 2.24) is 5.32 Å². The highest BCUT2D eigenvalue weighted by molar-refractivity contribution is 6.31. The van der Waals surface area contributed by atoms with Gasteiger partial charge in [-0.2, -0.15) is 0 Å². The lowest BCUT2D eigenvalue weighted by Gasteiger charge is -2.34. The molecule has 0 aromatic heterocycles. The van der Waals surface area contributed by atoms with E-state index in [1.54, 1.807) is 0 Å². The van der Waals surface area contributed by atoms with E-state index in [4.69, 9.17) is 16.3 Å². The largest absolute Gasteiger partial charge is 0.452 e. The number of nitrogens with zero attached hydrogens (tertiary/aromatic N) is 1.